The number of hydrogen-bond acceptors (Lipinski definition) is 5. The Labute approximate surface area is 125 Å². The first-order chi connectivity index (χ1) is 10.1. The lowest BCUT2D eigenvalue weighted by Crippen LogP contribution is -2.38. The van der Waals surface area contributed by atoms with Crippen molar-refractivity contribution >= 4 is 5.91 Å². The van der Waals surface area contributed by atoms with E-state index < -0.39 is 0 Å². The van der Waals surface area contributed by atoms with Crippen LogP contribution in [0.4, 0.5) is 0 Å². The Kier molecular flexibility index (Phi) is 4.21. The molecule has 0 saturated carbocycles. The zero-order valence-electron chi connectivity index (χ0n) is 12.9. The summed E-state index contributed by atoms with van der Waals surface area (Å²) in [7, 11) is 4.23. The van der Waals surface area contributed by atoms with Crippen LogP contribution in [0.15, 0.2) is 12.4 Å². The zero-order chi connectivity index (χ0) is 14.8. The molecule has 3 heterocycles. The predicted molar refractivity (Wildman–Crippen MR) is 78.8 cm³/mol. The van der Waals surface area contributed by atoms with E-state index in [2.05, 4.69) is 34.2 Å². The molecule has 21 heavy (non-hydrogen) atoms. The van der Waals surface area contributed by atoms with Gasteiger partial charge in [-0.05, 0) is 20.5 Å². The van der Waals surface area contributed by atoms with Gasteiger partial charge in [-0.3, -0.25) is 9.69 Å². The predicted octanol–water partition coefficient (Wildman–Crippen LogP) is -0.313. The van der Waals surface area contributed by atoms with Gasteiger partial charge in [0.2, 0.25) is 5.91 Å². The van der Waals surface area contributed by atoms with E-state index in [0.29, 0.717) is 18.0 Å². The van der Waals surface area contributed by atoms with Crippen LogP contribution in [0, 0.1) is 0 Å². The lowest BCUT2D eigenvalue weighted by atomic mass is 10.1. The van der Waals surface area contributed by atoms with Gasteiger partial charge in [0.25, 0.3) is 0 Å². The van der Waals surface area contributed by atoms with Gasteiger partial charge in [-0.25, -0.2) is 4.68 Å². The first-order valence-electron chi connectivity index (χ1n) is 7.67. The molecular weight excluding hydrogens is 268 g/mol. The molecule has 0 aliphatic carbocycles. The third-order valence-electron chi connectivity index (χ3n) is 4.64. The van der Waals surface area contributed by atoms with E-state index in [1.54, 1.807) is 6.20 Å². The summed E-state index contributed by atoms with van der Waals surface area (Å²) in [4.78, 5) is 18.4. The Bertz CT molecular complexity index is 474. The van der Waals surface area contributed by atoms with Crippen LogP contribution in [-0.2, 0) is 4.79 Å². The number of carbonyl (C=O) groups excluding carboxylic acids is 1. The molecule has 7 nitrogen and oxygen atoms in total. The third-order valence-corrected chi connectivity index (χ3v) is 4.64. The van der Waals surface area contributed by atoms with Crippen molar-refractivity contribution in [2.75, 3.05) is 46.8 Å². The van der Waals surface area contributed by atoms with Gasteiger partial charge in [0.1, 0.15) is 0 Å². The number of carbonyl (C=O) groups is 1. The standard InChI is InChI=1S/C14H24N6O/c1-17(2)12-10-18(8-9-19-6-3-4-14(19)21)11-13(12)20-7-5-15-16-20/h5,7,12-13H,3-4,6,8-11H2,1-2H3/t12-,13+/m1/s1. The quantitative estimate of drug-likeness (QED) is 0.745. The largest absolute Gasteiger partial charge is 0.341 e. The van der Waals surface area contributed by atoms with Gasteiger partial charge in [0.05, 0.1) is 12.2 Å². The molecule has 1 aromatic rings. The third kappa shape index (κ3) is 3.08. The lowest BCUT2D eigenvalue weighted by molar-refractivity contribution is -0.127. The molecule has 2 aliphatic heterocycles. The zero-order valence-corrected chi connectivity index (χ0v) is 12.9. The summed E-state index contributed by atoms with van der Waals surface area (Å²) in [6, 6.07) is 0.762. The Morgan fingerprint density at radius 2 is 2.19 bits per heavy atom. The molecular formula is C14H24N6O. The van der Waals surface area contributed by atoms with Crippen LogP contribution in [0.1, 0.15) is 18.9 Å². The number of amides is 1. The topological polar surface area (TPSA) is 57.5 Å². The maximum Gasteiger partial charge on any atom is 0.222 e. The van der Waals surface area contributed by atoms with Crippen LogP contribution >= 0.6 is 0 Å². The summed E-state index contributed by atoms with van der Waals surface area (Å²) in [5.41, 5.74) is 0. The van der Waals surface area contributed by atoms with Crippen LogP contribution < -0.4 is 0 Å². The molecule has 7 heteroatoms. The van der Waals surface area contributed by atoms with Crippen LogP contribution in [0.3, 0.4) is 0 Å². The Balaban J connectivity index is 1.59. The van der Waals surface area contributed by atoms with Gasteiger partial charge >= 0.3 is 0 Å². The summed E-state index contributed by atoms with van der Waals surface area (Å²) in [5.74, 6) is 0.311. The molecule has 0 radical (unpaired) electrons. The van der Waals surface area contributed by atoms with E-state index in [9.17, 15) is 4.79 Å². The molecule has 3 rings (SSSR count). The van der Waals surface area contributed by atoms with Crippen molar-refractivity contribution in [1.29, 1.82) is 0 Å². The molecule has 116 valence electrons. The van der Waals surface area contributed by atoms with E-state index in [-0.39, 0.29) is 0 Å². The number of aromatic nitrogens is 3. The smallest absolute Gasteiger partial charge is 0.222 e. The Hall–Kier alpha value is -1.47. The fourth-order valence-electron chi connectivity index (χ4n) is 3.39. The number of likely N-dealkylation sites (N-methyl/N-ethyl adjacent to an activating group) is 1. The number of nitrogens with zero attached hydrogens (tertiary/aromatic N) is 6. The minimum atomic E-state index is 0.311. The van der Waals surface area contributed by atoms with Gasteiger partial charge in [-0.2, -0.15) is 0 Å². The van der Waals surface area contributed by atoms with E-state index in [0.717, 1.165) is 45.6 Å². The summed E-state index contributed by atoms with van der Waals surface area (Å²) in [5, 5.41) is 8.09. The highest BCUT2D eigenvalue weighted by atomic mass is 16.2. The van der Waals surface area contributed by atoms with Crippen molar-refractivity contribution in [2.24, 2.45) is 0 Å². The first-order valence-corrected chi connectivity index (χ1v) is 7.67. The lowest BCUT2D eigenvalue weighted by Gasteiger charge is -2.25. The molecule has 2 saturated heterocycles. The van der Waals surface area contributed by atoms with Crippen molar-refractivity contribution in [3.8, 4) is 0 Å². The van der Waals surface area contributed by atoms with Crippen LogP contribution in [0.5, 0.6) is 0 Å². The van der Waals surface area contributed by atoms with Crippen molar-refractivity contribution < 1.29 is 4.79 Å². The molecule has 0 N–H and O–H groups in total. The van der Waals surface area contributed by atoms with Crippen molar-refractivity contribution in [3.05, 3.63) is 12.4 Å². The molecule has 2 aliphatic rings. The highest BCUT2D eigenvalue weighted by molar-refractivity contribution is 5.78. The second-order valence-electron chi connectivity index (χ2n) is 6.23. The van der Waals surface area contributed by atoms with Crippen molar-refractivity contribution in [1.82, 2.24) is 29.7 Å². The van der Waals surface area contributed by atoms with Gasteiger partial charge in [-0.15, -0.1) is 5.10 Å². The molecule has 1 amide bonds. The fourth-order valence-corrected chi connectivity index (χ4v) is 3.39. The highest BCUT2D eigenvalue weighted by Gasteiger charge is 2.36. The molecule has 0 aromatic carbocycles. The second kappa shape index (κ2) is 6.11. The average Bonchev–Trinajstić information content (AvgIpc) is 3.16. The van der Waals surface area contributed by atoms with E-state index in [1.165, 1.54) is 0 Å². The SMILES string of the molecule is CN(C)[C@@H]1CN(CCN2CCCC2=O)C[C@@H]1n1ccnn1. The minimum Gasteiger partial charge on any atom is -0.341 e. The summed E-state index contributed by atoms with van der Waals surface area (Å²) in [6.45, 7) is 4.70. The summed E-state index contributed by atoms with van der Waals surface area (Å²) in [6.07, 6.45) is 5.41. The summed E-state index contributed by atoms with van der Waals surface area (Å²) >= 11 is 0. The highest BCUT2D eigenvalue weighted by Crippen LogP contribution is 2.24. The molecule has 0 bridgehead atoms. The Morgan fingerprint density at radius 3 is 2.81 bits per heavy atom. The molecule has 0 spiro atoms. The molecule has 0 unspecified atom stereocenters. The monoisotopic (exact) mass is 292 g/mol. The first kappa shape index (κ1) is 14.5. The van der Waals surface area contributed by atoms with Crippen LogP contribution in [0.2, 0.25) is 0 Å². The number of hydrogen-bond donors (Lipinski definition) is 0. The van der Waals surface area contributed by atoms with Gasteiger partial charge in [-0.1, -0.05) is 5.21 Å². The maximum absolute atomic E-state index is 11.7. The average molecular weight is 292 g/mol. The molecule has 2 fully saturated rings. The Morgan fingerprint density at radius 1 is 1.33 bits per heavy atom. The maximum atomic E-state index is 11.7. The van der Waals surface area contributed by atoms with E-state index in [1.807, 2.05) is 15.8 Å². The van der Waals surface area contributed by atoms with Crippen molar-refractivity contribution in [2.45, 2.75) is 24.9 Å². The van der Waals surface area contributed by atoms with Gasteiger partial charge in [0, 0.05) is 51.4 Å². The fraction of sp³-hybridized carbons (Fsp3) is 0.786. The van der Waals surface area contributed by atoms with Gasteiger partial charge in [0.15, 0.2) is 0 Å². The number of rotatable bonds is 5. The molecule has 1 aromatic heterocycles. The van der Waals surface area contributed by atoms with E-state index in [4.69, 9.17) is 0 Å². The van der Waals surface area contributed by atoms with Gasteiger partial charge < -0.3 is 9.80 Å². The van der Waals surface area contributed by atoms with Crippen molar-refractivity contribution in [3.63, 3.8) is 0 Å². The summed E-state index contributed by atoms with van der Waals surface area (Å²) < 4.78 is 1.96. The number of likely N-dealkylation sites (tertiary alicyclic amines) is 2. The second-order valence-corrected chi connectivity index (χ2v) is 6.23. The van der Waals surface area contributed by atoms with E-state index >= 15 is 0 Å². The van der Waals surface area contributed by atoms with Crippen LogP contribution in [0.25, 0.3) is 0 Å². The molecule has 2 atom stereocenters. The normalized spacial score (nSPS) is 27.2. The minimum absolute atomic E-state index is 0.311. The van der Waals surface area contributed by atoms with Crippen LogP contribution in [-0.4, -0.2) is 88.5 Å².